The predicted octanol–water partition coefficient (Wildman–Crippen LogP) is 3.11. The Kier molecular flexibility index (Phi) is 5.43. The number of benzene rings is 1. The highest BCUT2D eigenvalue weighted by Crippen LogP contribution is 2.31. The van der Waals surface area contributed by atoms with E-state index in [1.165, 1.54) is 7.05 Å². The highest BCUT2D eigenvalue weighted by Gasteiger charge is 2.28. The van der Waals surface area contributed by atoms with Crippen LogP contribution in [0, 0.1) is 0 Å². The van der Waals surface area contributed by atoms with E-state index >= 15 is 0 Å². The van der Waals surface area contributed by atoms with Crippen LogP contribution in [0.15, 0.2) is 17.0 Å². The van der Waals surface area contributed by atoms with Crippen LogP contribution in [-0.4, -0.2) is 36.9 Å². The highest BCUT2D eigenvalue weighted by molar-refractivity contribution is 7.89. The Morgan fingerprint density at radius 3 is 2.35 bits per heavy atom. The van der Waals surface area contributed by atoms with E-state index in [9.17, 15) is 13.2 Å². The lowest BCUT2D eigenvalue weighted by Gasteiger charge is -2.24. The Labute approximate surface area is 128 Å². The summed E-state index contributed by atoms with van der Waals surface area (Å²) in [6.07, 6.45) is 0.618. The van der Waals surface area contributed by atoms with Crippen molar-refractivity contribution in [2.24, 2.45) is 0 Å². The maximum absolute atomic E-state index is 12.4. The molecule has 0 aliphatic carbocycles. The van der Waals surface area contributed by atoms with Gasteiger partial charge in [0.2, 0.25) is 10.0 Å². The van der Waals surface area contributed by atoms with E-state index in [2.05, 4.69) is 0 Å². The van der Waals surface area contributed by atoms with E-state index in [0.29, 0.717) is 6.42 Å². The summed E-state index contributed by atoms with van der Waals surface area (Å²) in [7, 11) is -2.45. The molecule has 112 valence electrons. The number of sulfonamides is 1. The predicted molar refractivity (Wildman–Crippen MR) is 78.1 cm³/mol. The summed E-state index contributed by atoms with van der Waals surface area (Å²) in [6.45, 7) is 3.60. The molecule has 1 aromatic rings. The lowest BCUT2D eigenvalue weighted by atomic mass is 10.2. The monoisotopic (exact) mass is 339 g/mol. The van der Waals surface area contributed by atoms with E-state index in [4.69, 9.17) is 28.3 Å². The molecule has 0 saturated carbocycles. The molecule has 20 heavy (non-hydrogen) atoms. The Balaban J connectivity index is 3.46. The summed E-state index contributed by atoms with van der Waals surface area (Å²) in [5.41, 5.74) is -0.299. The summed E-state index contributed by atoms with van der Waals surface area (Å²) < 4.78 is 26.1. The zero-order chi connectivity index (χ0) is 15.7. The molecule has 0 heterocycles. The van der Waals surface area contributed by atoms with Gasteiger partial charge in [0, 0.05) is 13.1 Å². The first-order chi connectivity index (χ1) is 9.12. The summed E-state index contributed by atoms with van der Waals surface area (Å²) in [5.74, 6) is -1.31. The van der Waals surface area contributed by atoms with Crippen molar-refractivity contribution < 1.29 is 18.3 Å². The van der Waals surface area contributed by atoms with Gasteiger partial charge in [-0.05, 0) is 25.5 Å². The van der Waals surface area contributed by atoms with Gasteiger partial charge in [0.25, 0.3) is 0 Å². The number of halogens is 2. The summed E-state index contributed by atoms with van der Waals surface area (Å²) in [4.78, 5) is 10.8. The first kappa shape index (κ1) is 17.2. The average Bonchev–Trinajstić information content (AvgIpc) is 2.35. The molecular formula is C12H15Cl2NO4S. The number of rotatable bonds is 5. The molecule has 1 rings (SSSR count). The van der Waals surface area contributed by atoms with Gasteiger partial charge in [0.05, 0.1) is 15.6 Å². The SMILES string of the molecule is CCC(C)N(C)S(=O)(=O)c1cc(C(=O)O)c(Cl)cc1Cl. The third-order valence-corrected chi connectivity index (χ3v) is 5.87. The van der Waals surface area contributed by atoms with E-state index < -0.39 is 16.0 Å². The van der Waals surface area contributed by atoms with Crippen molar-refractivity contribution in [2.45, 2.75) is 31.2 Å². The molecule has 5 nitrogen and oxygen atoms in total. The van der Waals surface area contributed by atoms with Gasteiger partial charge in [-0.25, -0.2) is 13.2 Å². The second-order valence-electron chi connectivity index (χ2n) is 4.35. The van der Waals surface area contributed by atoms with E-state index in [1.54, 1.807) is 6.92 Å². The first-order valence-electron chi connectivity index (χ1n) is 5.83. The molecule has 0 fully saturated rings. The lowest BCUT2D eigenvalue weighted by molar-refractivity contribution is 0.0697. The third-order valence-electron chi connectivity index (χ3n) is 3.12. The molecular weight excluding hydrogens is 325 g/mol. The zero-order valence-corrected chi connectivity index (χ0v) is 13.6. The normalized spacial score (nSPS) is 13.5. The van der Waals surface area contributed by atoms with Gasteiger partial charge in [-0.2, -0.15) is 4.31 Å². The fourth-order valence-corrected chi connectivity index (χ4v) is 3.80. The molecule has 1 atom stereocenters. The Hall–Kier alpha value is -0.820. The van der Waals surface area contributed by atoms with Crippen molar-refractivity contribution in [2.75, 3.05) is 7.05 Å². The second kappa shape index (κ2) is 6.30. The van der Waals surface area contributed by atoms with Gasteiger partial charge >= 0.3 is 5.97 Å². The number of carbonyl (C=O) groups is 1. The van der Waals surface area contributed by atoms with Crippen LogP contribution in [0.5, 0.6) is 0 Å². The van der Waals surface area contributed by atoms with Gasteiger partial charge < -0.3 is 5.11 Å². The number of carboxylic acid groups (broad SMARTS) is 1. The second-order valence-corrected chi connectivity index (χ2v) is 7.13. The van der Waals surface area contributed by atoms with Crippen LogP contribution in [0.1, 0.15) is 30.6 Å². The minimum atomic E-state index is -3.87. The lowest BCUT2D eigenvalue weighted by Crippen LogP contribution is -2.34. The van der Waals surface area contributed by atoms with Crippen LogP contribution in [0.4, 0.5) is 0 Å². The van der Waals surface area contributed by atoms with Crippen molar-refractivity contribution in [3.63, 3.8) is 0 Å². The summed E-state index contributed by atoms with van der Waals surface area (Å²) in [6, 6.07) is 1.88. The quantitative estimate of drug-likeness (QED) is 0.894. The molecule has 1 N–H and O–H groups in total. The van der Waals surface area contributed by atoms with Gasteiger partial charge in [0.15, 0.2) is 0 Å². The maximum atomic E-state index is 12.4. The van der Waals surface area contributed by atoms with Crippen molar-refractivity contribution >= 4 is 39.2 Å². The molecule has 0 bridgehead atoms. The number of carboxylic acids is 1. The smallest absolute Gasteiger partial charge is 0.337 e. The van der Waals surface area contributed by atoms with Crippen molar-refractivity contribution in [1.29, 1.82) is 0 Å². The molecule has 0 aromatic heterocycles. The molecule has 8 heteroatoms. The third kappa shape index (κ3) is 3.25. The average molecular weight is 340 g/mol. The van der Waals surface area contributed by atoms with E-state index in [0.717, 1.165) is 16.4 Å². The molecule has 0 radical (unpaired) electrons. The van der Waals surface area contributed by atoms with E-state index in [1.807, 2.05) is 6.92 Å². The molecule has 1 unspecified atom stereocenters. The molecule has 0 aliphatic heterocycles. The van der Waals surface area contributed by atoms with Crippen molar-refractivity contribution in [3.05, 3.63) is 27.7 Å². The van der Waals surface area contributed by atoms with Crippen molar-refractivity contribution in [1.82, 2.24) is 4.31 Å². The fraction of sp³-hybridized carbons (Fsp3) is 0.417. The van der Waals surface area contributed by atoms with Crippen LogP contribution in [0.3, 0.4) is 0 Å². The Bertz CT molecular complexity index is 631. The standard InChI is InChI=1S/C12H15Cl2NO4S/c1-4-7(2)15(3)20(18,19)11-5-8(12(16)17)9(13)6-10(11)14/h5-7H,4H2,1-3H3,(H,16,17). The fourth-order valence-electron chi connectivity index (χ4n) is 1.54. The molecule has 0 amide bonds. The van der Waals surface area contributed by atoms with Crippen LogP contribution in [-0.2, 0) is 10.0 Å². The summed E-state index contributed by atoms with van der Waals surface area (Å²) in [5, 5.41) is 8.80. The zero-order valence-electron chi connectivity index (χ0n) is 11.2. The number of nitrogens with zero attached hydrogens (tertiary/aromatic N) is 1. The van der Waals surface area contributed by atoms with E-state index in [-0.39, 0.29) is 26.5 Å². The largest absolute Gasteiger partial charge is 0.478 e. The number of hydrogen-bond acceptors (Lipinski definition) is 3. The van der Waals surface area contributed by atoms with Crippen LogP contribution < -0.4 is 0 Å². The van der Waals surface area contributed by atoms with Crippen LogP contribution in [0.2, 0.25) is 10.0 Å². The number of hydrogen-bond donors (Lipinski definition) is 1. The van der Waals surface area contributed by atoms with Gasteiger partial charge in [-0.3, -0.25) is 0 Å². The molecule has 0 aliphatic rings. The first-order valence-corrected chi connectivity index (χ1v) is 8.02. The summed E-state index contributed by atoms with van der Waals surface area (Å²) >= 11 is 11.6. The molecule has 1 aromatic carbocycles. The van der Waals surface area contributed by atoms with Gasteiger partial charge in [-0.1, -0.05) is 30.1 Å². The van der Waals surface area contributed by atoms with Crippen LogP contribution in [0.25, 0.3) is 0 Å². The van der Waals surface area contributed by atoms with Crippen LogP contribution >= 0.6 is 23.2 Å². The minimum Gasteiger partial charge on any atom is -0.478 e. The minimum absolute atomic E-state index is 0.102. The Morgan fingerprint density at radius 1 is 1.35 bits per heavy atom. The topological polar surface area (TPSA) is 74.7 Å². The van der Waals surface area contributed by atoms with Gasteiger partial charge in [-0.15, -0.1) is 0 Å². The highest BCUT2D eigenvalue weighted by atomic mass is 35.5. The number of aromatic carboxylic acids is 1. The Morgan fingerprint density at radius 2 is 1.90 bits per heavy atom. The molecule has 0 saturated heterocycles. The molecule has 0 spiro atoms. The van der Waals surface area contributed by atoms with Crippen molar-refractivity contribution in [3.8, 4) is 0 Å². The van der Waals surface area contributed by atoms with Gasteiger partial charge in [0.1, 0.15) is 4.90 Å². The maximum Gasteiger partial charge on any atom is 0.337 e.